The van der Waals surface area contributed by atoms with Crippen molar-refractivity contribution < 1.29 is 28.6 Å². The maximum absolute atomic E-state index is 12.3. The van der Waals surface area contributed by atoms with Crippen molar-refractivity contribution in [2.75, 3.05) is 20.3 Å². The van der Waals surface area contributed by atoms with Gasteiger partial charge in [0.15, 0.2) is 12.4 Å². The zero-order chi connectivity index (χ0) is 21.2. The van der Waals surface area contributed by atoms with Crippen LogP contribution in [0.4, 0.5) is 0 Å². The first-order valence-corrected chi connectivity index (χ1v) is 9.23. The highest BCUT2D eigenvalue weighted by Gasteiger charge is 2.14. The molecule has 2 aromatic carbocycles. The molecule has 154 valence electrons. The molecule has 0 fully saturated rings. The lowest BCUT2D eigenvalue weighted by molar-refractivity contribution is -0.119. The highest BCUT2D eigenvalue weighted by Crippen LogP contribution is 2.21. The van der Waals surface area contributed by atoms with Crippen molar-refractivity contribution in [3.8, 4) is 5.75 Å². The van der Waals surface area contributed by atoms with Crippen LogP contribution in [-0.4, -0.2) is 38.0 Å². The van der Waals surface area contributed by atoms with Gasteiger partial charge in [-0.05, 0) is 30.7 Å². The minimum absolute atomic E-state index is 0.125. The molecule has 0 bridgehead atoms. The minimum atomic E-state index is -0.596. The number of carbonyl (C=O) groups excluding carboxylic acids is 3. The Hall–Kier alpha value is -3.19. The van der Waals surface area contributed by atoms with Crippen LogP contribution in [0.25, 0.3) is 0 Å². The van der Waals surface area contributed by atoms with Crippen LogP contribution in [-0.2, 0) is 27.4 Å². The van der Waals surface area contributed by atoms with Gasteiger partial charge in [-0.1, -0.05) is 24.3 Å². The summed E-state index contributed by atoms with van der Waals surface area (Å²) in [6, 6.07) is 11.7. The number of esters is 1. The molecule has 29 heavy (non-hydrogen) atoms. The third kappa shape index (κ3) is 6.73. The van der Waals surface area contributed by atoms with Crippen molar-refractivity contribution in [2.45, 2.75) is 27.0 Å². The summed E-state index contributed by atoms with van der Waals surface area (Å²) in [5.41, 5.74) is 2.34. The van der Waals surface area contributed by atoms with Gasteiger partial charge in [-0.15, -0.1) is 0 Å². The SMILES string of the molecule is CCOCc1cc(C(=O)OCC(=O)c2ccc(CNC(C)=O)cc2)ccc1OC. The molecule has 0 spiro atoms. The van der Waals surface area contributed by atoms with E-state index >= 15 is 0 Å². The van der Waals surface area contributed by atoms with Crippen LogP contribution in [0, 0.1) is 0 Å². The molecule has 0 aliphatic carbocycles. The number of hydrogen-bond acceptors (Lipinski definition) is 6. The molecular weight excluding hydrogens is 374 g/mol. The molecule has 0 saturated carbocycles. The quantitative estimate of drug-likeness (QED) is 0.488. The Kier molecular flexibility index (Phi) is 8.36. The second-order valence-electron chi connectivity index (χ2n) is 6.27. The number of ketones is 1. The van der Waals surface area contributed by atoms with E-state index in [9.17, 15) is 14.4 Å². The van der Waals surface area contributed by atoms with Crippen LogP contribution in [0.3, 0.4) is 0 Å². The van der Waals surface area contributed by atoms with E-state index in [4.69, 9.17) is 14.2 Å². The molecule has 1 amide bonds. The lowest BCUT2D eigenvalue weighted by Crippen LogP contribution is -2.19. The van der Waals surface area contributed by atoms with E-state index in [1.807, 2.05) is 6.92 Å². The first-order chi connectivity index (χ1) is 13.9. The van der Waals surface area contributed by atoms with Crippen molar-refractivity contribution in [2.24, 2.45) is 0 Å². The zero-order valence-electron chi connectivity index (χ0n) is 16.8. The normalized spacial score (nSPS) is 10.3. The summed E-state index contributed by atoms with van der Waals surface area (Å²) in [7, 11) is 1.54. The summed E-state index contributed by atoms with van der Waals surface area (Å²) in [6.07, 6.45) is 0. The predicted octanol–water partition coefficient (Wildman–Crippen LogP) is 2.91. The van der Waals surface area contributed by atoms with Gasteiger partial charge < -0.3 is 19.5 Å². The molecule has 0 heterocycles. The van der Waals surface area contributed by atoms with E-state index in [0.29, 0.717) is 36.6 Å². The number of hydrogen-bond donors (Lipinski definition) is 1. The summed E-state index contributed by atoms with van der Waals surface area (Å²) in [5, 5.41) is 2.68. The number of Topliss-reactive ketones (excluding diaryl/α,β-unsaturated/α-hetero) is 1. The third-order valence-electron chi connectivity index (χ3n) is 4.13. The van der Waals surface area contributed by atoms with Gasteiger partial charge in [-0.2, -0.15) is 0 Å². The smallest absolute Gasteiger partial charge is 0.338 e. The molecule has 2 aromatic rings. The number of amides is 1. The molecule has 0 radical (unpaired) electrons. The third-order valence-corrected chi connectivity index (χ3v) is 4.13. The first-order valence-electron chi connectivity index (χ1n) is 9.23. The van der Waals surface area contributed by atoms with Crippen molar-refractivity contribution in [3.63, 3.8) is 0 Å². The van der Waals surface area contributed by atoms with Gasteiger partial charge in [-0.3, -0.25) is 9.59 Å². The highest BCUT2D eigenvalue weighted by atomic mass is 16.5. The zero-order valence-corrected chi connectivity index (χ0v) is 16.8. The monoisotopic (exact) mass is 399 g/mol. The van der Waals surface area contributed by atoms with Gasteiger partial charge in [0.25, 0.3) is 0 Å². The van der Waals surface area contributed by atoms with Crippen LogP contribution in [0.1, 0.15) is 45.7 Å². The van der Waals surface area contributed by atoms with E-state index < -0.39 is 5.97 Å². The Morgan fingerprint density at radius 2 is 1.69 bits per heavy atom. The standard InChI is InChI=1S/C22H25NO6/c1-4-28-13-19-11-18(9-10-21(19)27-3)22(26)29-14-20(25)17-7-5-16(6-8-17)12-23-15(2)24/h5-11H,4,12-14H2,1-3H3,(H,23,24). The second kappa shape index (κ2) is 11.0. The maximum Gasteiger partial charge on any atom is 0.338 e. The van der Waals surface area contributed by atoms with Gasteiger partial charge in [0.2, 0.25) is 5.91 Å². The number of methoxy groups -OCH3 is 1. The van der Waals surface area contributed by atoms with Crippen molar-refractivity contribution >= 4 is 17.7 Å². The summed E-state index contributed by atoms with van der Waals surface area (Å²) < 4.78 is 15.8. The average Bonchev–Trinajstić information content (AvgIpc) is 2.74. The Morgan fingerprint density at radius 1 is 1.00 bits per heavy atom. The Labute approximate surface area is 170 Å². The van der Waals surface area contributed by atoms with Crippen molar-refractivity contribution in [1.82, 2.24) is 5.32 Å². The molecule has 0 aliphatic heterocycles. The Balaban J connectivity index is 1.95. The Bertz CT molecular complexity index is 860. The highest BCUT2D eigenvalue weighted by molar-refractivity contribution is 5.99. The van der Waals surface area contributed by atoms with E-state index in [1.54, 1.807) is 49.6 Å². The van der Waals surface area contributed by atoms with E-state index in [1.165, 1.54) is 6.92 Å². The van der Waals surface area contributed by atoms with Crippen LogP contribution >= 0.6 is 0 Å². The predicted molar refractivity (Wildman–Crippen MR) is 107 cm³/mol. The lowest BCUT2D eigenvalue weighted by Gasteiger charge is -2.11. The molecule has 7 nitrogen and oxygen atoms in total. The largest absolute Gasteiger partial charge is 0.496 e. The van der Waals surface area contributed by atoms with Crippen LogP contribution < -0.4 is 10.1 Å². The molecule has 0 saturated heterocycles. The van der Waals surface area contributed by atoms with Crippen LogP contribution in [0.15, 0.2) is 42.5 Å². The number of rotatable bonds is 10. The van der Waals surface area contributed by atoms with E-state index in [-0.39, 0.29) is 18.3 Å². The minimum Gasteiger partial charge on any atom is -0.496 e. The number of benzene rings is 2. The van der Waals surface area contributed by atoms with Crippen LogP contribution in [0.5, 0.6) is 5.75 Å². The lowest BCUT2D eigenvalue weighted by atomic mass is 10.1. The summed E-state index contributed by atoms with van der Waals surface area (Å²) in [6.45, 7) is 4.19. The first kappa shape index (κ1) is 22.1. The molecule has 0 aliphatic rings. The number of carbonyl (C=O) groups is 3. The summed E-state index contributed by atoms with van der Waals surface area (Å²) in [4.78, 5) is 35.5. The number of nitrogens with one attached hydrogen (secondary N) is 1. The van der Waals surface area contributed by atoms with E-state index in [0.717, 1.165) is 11.1 Å². The molecule has 0 unspecified atom stereocenters. The number of ether oxygens (including phenoxy) is 3. The molecule has 2 rings (SSSR count). The van der Waals surface area contributed by atoms with Crippen molar-refractivity contribution in [1.29, 1.82) is 0 Å². The molecule has 1 N–H and O–H groups in total. The fraction of sp³-hybridized carbons (Fsp3) is 0.318. The molecule has 0 aromatic heterocycles. The van der Waals surface area contributed by atoms with Gasteiger partial charge in [0, 0.05) is 31.2 Å². The van der Waals surface area contributed by atoms with Crippen molar-refractivity contribution in [3.05, 3.63) is 64.7 Å². The van der Waals surface area contributed by atoms with Gasteiger partial charge in [0.05, 0.1) is 19.3 Å². The molecular formula is C22H25NO6. The fourth-order valence-corrected chi connectivity index (χ4v) is 2.56. The second-order valence-corrected chi connectivity index (χ2v) is 6.27. The van der Waals surface area contributed by atoms with Gasteiger partial charge in [0.1, 0.15) is 5.75 Å². The van der Waals surface area contributed by atoms with E-state index in [2.05, 4.69) is 5.32 Å². The van der Waals surface area contributed by atoms with Gasteiger partial charge >= 0.3 is 5.97 Å². The fourth-order valence-electron chi connectivity index (χ4n) is 2.56. The summed E-state index contributed by atoms with van der Waals surface area (Å²) >= 11 is 0. The molecule has 7 heteroatoms. The van der Waals surface area contributed by atoms with Gasteiger partial charge in [-0.25, -0.2) is 4.79 Å². The Morgan fingerprint density at radius 3 is 2.31 bits per heavy atom. The average molecular weight is 399 g/mol. The van der Waals surface area contributed by atoms with Crippen LogP contribution in [0.2, 0.25) is 0 Å². The topological polar surface area (TPSA) is 90.9 Å². The maximum atomic E-state index is 12.3. The molecule has 0 atom stereocenters. The summed E-state index contributed by atoms with van der Waals surface area (Å²) in [5.74, 6) is -0.418.